The van der Waals surface area contributed by atoms with E-state index in [-0.39, 0.29) is 21.7 Å². The molecule has 4 N–H and O–H groups in total. The monoisotopic (exact) mass is 269 g/mol. The van der Waals surface area contributed by atoms with E-state index in [0.29, 0.717) is 12.8 Å². The van der Waals surface area contributed by atoms with Crippen molar-refractivity contribution in [2.75, 3.05) is 31.8 Å². The van der Waals surface area contributed by atoms with Crippen molar-refractivity contribution < 1.29 is 26.8 Å². The minimum Gasteiger partial charge on any atom is -0.388 e. The zero-order valence-electron chi connectivity index (χ0n) is 10.5. The number of rotatable bonds is 3. The topological polar surface area (TPSA) is 56.3 Å². The molecule has 0 aromatic heterocycles. The van der Waals surface area contributed by atoms with Gasteiger partial charge in [0.2, 0.25) is 0 Å². The summed E-state index contributed by atoms with van der Waals surface area (Å²) in [6.07, 6.45) is 1.31. The van der Waals surface area contributed by atoms with Gasteiger partial charge in [-0.3, -0.25) is 5.32 Å². The molecule has 0 spiro atoms. The van der Waals surface area contributed by atoms with Crippen LogP contribution in [-0.2, 0) is 34.6 Å². The van der Waals surface area contributed by atoms with Crippen LogP contribution in [0.3, 0.4) is 0 Å². The Balaban J connectivity index is 0.00000144. The maximum absolute atomic E-state index is 10.2. The number of fused-ring (bicyclic) bond motifs is 1. The van der Waals surface area contributed by atoms with Crippen molar-refractivity contribution in [2.24, 2.45) is 0 Å². The van der Waals surface area contributed by atoms with Crippen LogP contribution in [-0.4, -0.2) is 32.0 Å². The number of hydrogen-bond donors (Lipinski definition) is 4. The predicted molar refractivity (Wildman–Crippen MR) is 67.0 cm³/mol. The predicted octanol–water partition coefficient (Wildman–Crippen LogP) is 0.774. The summed E-state index contributed by atoms with van der Waals surface area (Å²) in [5, 5.41) is 19.5. The van der Waals surface area contributed by atoms with Crippen molar-refractivity contribution in [1.29, 1.82) is 0 Å². The van der Waals surface area contributed by atoms with Gasteiger partial charge >= 0.3 is 0 Å². The van der Waals surface area contributed by atoms with Crippen LogP contribution < -0.4 is 16.0 Å². The van der Waals surface area contributed by atoms with Gasteiger partial charge in [0.15, 0.2) is 0 Å². The minimum absolute atomic E-state index is 0. The van der Waals surface area contributed by atoms with Gasteiger partial charge in [-0.2, -0.15) is 0 Å². The Morgan fingerprint density at radius 3 is 2.35 bits per heavy atom. The largest absolute Gasteiger partial charge is 0.388 e. The molecular formula is C12H19N3OTi. The molecule has 17 heavy (non-hydrogen) atoms. The van der Waals surface area contributed by atoms with Crippen LogP contribution in [0, 0.1) is 0 Å². The summed E-state index contributed by atoms with van der Waals surface area (Å²) in [6, 6.07) is 4.17. The first kappa shape index (κ1) is 14.5. The normalized spacial score (nSPS) is 21.6. The van der Waals surface area contributed by atoms with E-state index in [4.69, 9.17) is 0 Å². The molecule has 0 saturated heterocycles. The van der Waals surface area contributed by atoms with E-state index in [1.165, 1.54) is 11.1 Å². The van der Waals surface area contributed by atoms with Crippen molar-refractivity contribution in [3.05, 3.63) is 23.3 Å². The molecule has 0 amide bonds. The molecule has 1 aromatic carbocycles. The van der Waals surface area contributed by atoms with E-state index >= 15 is 0 Å². The Morgan fingerprint density at radius 1 is 1.12 bits per heavy atom. The molecule has 0 heterocycles. The third-order valence-electron chi connectivity index (χ3n) is 3.32. The fourth-order valence-corrected chi connectivity index (χ4v) is 2.31. The Kier molecular flexibility index (Phi) is 4.61. The van der Waals surface area contributed by atoms with Crippen molar-refractivity contribution in [2.45, 2.75) is 18.6 Å². The number of anilines is 2. The van der Waals surface area contributed by atoms with Crippen LogP contribution in [0.1, 0.15) is 11.1 Å². The molecule has 0 radical (unpaired) electrons. The van der Waals surface area contributed by atoms with Crippen molar-refractivity contribution >= 4 is 11.4 Å². The first-order chi connectivity index (χ1) is 7.61. The molecule has 5 heteroatoms. The SMILES string of the molecule is CNc1cc2c(c(NC)c1)CC(O)(NC)C2.[Ti]. The van der Waals surface area contributed by atoms with Gasteiger partial charge in [0.05, 0.1) is 0 Å². The Morgan fingerprint density at radius 2 is 1.82 bits per heavy atom. The van der Waals surface area contributed by atoms with E-state index in [2.05, 4.69) is 28.1 Å². The maximum Gasteiger partial charge on any atom is 0.124 e. The summed E-state index contributed by atoms with van der Waals surface area (Å²) in [5.74, 6) is 0. The Hall–Kier alpha value is -0.546. The molecule has 0 fully saturated rings. The molecule has 1 atom stereocenters. The Bertz CT molecular complexity index is 411. The average molecular weight is 269 g/mol. The molecule has 0 bridgehead atoms. The number of benzene rings is 1. The second kappa shape index (κ2) is 5.40. The summed E-state index contributed by atoms with van der Waals surface area (Å²) in [7, 11) is 5.61. The van der Waals surface area contributed by atoms with Gasteiger partial charge in [-0.05, 0) is 30.3 Å². The van der Waals surface area contributed by atoms with Crippen LogP contribution in [0.5, 0.6) is 0 Å². The fourth-order valence-electron chi connectivity index (χ4n) is 2.31. The van der Waals surface area contributed by atoms with Gasteiger partial charge in [-0.15, -0.1) is 0 Å². The fraction of sp³-hybridized carbons (Fsp3) is 0.500. The van der Waals surface area contributed by atoms with Crippen molar-refractivity contribution in [3.8, 4) is 0 Å². The number of nitrogens with one attached hydrogen (secondary N) is 3. The van der Waals surface area contributed by atoms with Crippen molar-refractivity contribution in [1.82, 2.24) is 5.32 Å². The van der Waals surface area contributed by atoms with E-state index in [9.17, 15) is 5.11 Å². The minimum atomic E-state index is -0.791. The second-order valence-electron chi connectivity index (χ2n) is 4.30. The average Bonchev–Trinajstić information content (AvgIpc) is 2.64. The van der Waals surface area contributed by atoms with E-state index in [0.717, 1.165) is 11.4 Å². The van der Waals surface area contributed by atoms with Crippen LogP contribution in [0.4, 0.5) is 11.4 Å². The molecular weight excluding hydrogens is 250 g/mol. The number of likely N-dealkylation sites (N-methyl/N-ethyl adjacent to an activating group) is 1. The summed E-state index contributed by atoms with van der Waals surface area (Å²) in [6.45, 7) is 0. The molecule has 1 aliphatic rings. The molecule has 4 nitrogen and oxygen atoms in total. The van der Waals surface area contributed by atoms with E-state index in [1.54, 1.807) is 7.05 Å². The molecule has 2 rings (SSSR count). The maximum atomic E-state index is 10.2. The molecule has 92 valence electrons. The van der Waals surface area contributed by atoms with Gasteiger partial charge in [0.1, 0.15) is 5.72 Å². The molecule has 0 saturated carbocycles. The molecule has 0 aliphatic heterocycles. The quantitative estimate of drug-likeness (QED) is 0.484. The van der Waals surface area contributed by atoms with Gasteiger partial charge in [0, 0.05) is 60.0 Å². The summed E-state index contributed by atoms with van der Waals surface area (Å²) in [5.41, 5.74) is 3.78. The van der Waals surface area contributed by atoms with Gasteiger partial charge < -0.3 is 15.7 Å². The zero-order chi connectivity index (χ0) is 11.8. The van der Waals surface area contributed by atoms with E-state index in [1.807, 2.05) is 14.1 Å². The zero-order valence-corrected chi connectivity index (χ0v) is 12.1. The molecule has 1 unspecified atom stereocenters. The second-order valence-corrected chi connectivity index (χ2v) is 4.30. The summed E-state index contributed by atoms with van der Waals surface area (Å²) < 4.78 is 0. The third-order valence-corrected chi connectivity index (χ3v) is 3.32. The van der Waals surface area contributed by atoms with Gasteiger partial charge in [-0.25, -0.2) is 0 Å². The third kappa shape index (κ3) is 2.66. The summed E-state index contributed by atoms with van der Waals surface area (Å²) >= 11 is 0. The van der Waals surface area contributed by atoms with Crippen LogP contribution in [0.15, 0.2) is 12.1 Å². The number of aliphatic hydroxyl groups is 1. The van der Waals surface area contributed by atoms with Gasteiger partial charge in [-0.1, -0.05) is 0 Å². The van der Waals surface area contributed by atoms with E-state index < -0.39 is 5.72 Å². The smallest absolute Gasteiger partial charge is 0.124 e. The summed E-state index contributed by atoms with van der Waals surface area (Å²) in [4.78, 5) is 0. The molecule has 1 aromatic rings. The van der Waals surface area contributed by atoms with Crippen molar-refractivity contribution in [3.63, 3.8) is 0 Å². The standard InChI is InChI=1S/C12H19N3O.Ti/c1-13-9-4-8-6-12(16,15-3)7-10(8)11(5-9)14-2;/h4-5,13-16H,6-7H2,1-3H3;. The van der Waals surface area contributed by atoms with Crippen LogP contribution in [0.25, 0.3) is 0 Å². The van der Waals surface area contributed by atoms with Gasteiger partial charge in [0.25, 0.3) is 0 Å². The van der Waals surface area contributed by atoms with Crippen LogP contribution in [0.2, 0.25) is 0 Å². The first-order valence-corrected chi connectivity index (χ1v) is 5.54. The number of hydrogen-bond acceptors (Lipinski definition) is 4. The first-order valence-electron chi connectivity index (χ1n) is 5.54. The molecule has 1 aliphatic carbocycles. The van der Waals surface area contributed by atoms with Crippen LogP contribution >= 0.6 is 0 Å². The Labute approximate surface area is 117 Å².